The minimum absolute atomic E-state index is 0.0724. The van der Waals surface area contributed by atoms with E-state index in [2.05, 4.69) is 15.2 Å². The van der Waals surface area contributed by atoms with E-state index in [4.69, 9.17) is 16.0 Å². The van der Waals surface area contributed by atoms with E-state index in [1.165, 1.54) is 19.1 Å². The van der Waals surface area contributed by atoms with Crippen molar-refractivity contribution in [3.8, 4) is 0 Å². The number of hydrogen-bond donors (Lipinski definition) is 1. The van der Waals surface area contributed by atoms with Gasteiger partial charge in [-0.25, -0.2) is 4.98 Å². The molecule has 1 amide bonds. The Hall–Kier alpha value is -1.85. The molecular formula is C17H20ClN3O2. The first-order valence-corrected chi connectivity index (χ1v) is 8.22. The normalized spacial score (nSPS) is 16.4. The Balaban J connectivity index is 1.74. The largest absolute Gasteiger partial charge is 0.448 e. The number of oxazole rings is 1. The lowest BCUT2D eigenvalue weighted by Gasteiger charge is -2.28. The van der Waals surface area contributed by atoms with E-state index in [0.717, 1.165) is 23.7 Å². The molecule has 5 nitrogen and oxygen atoms in total. The van der Waals surface area contributed by atoms with Gasteiger partial charge in [0.15, 0.2) is 11.6 Å². The number of benzene rings is 1. The van der Waals surface area contributed by atoms with Gasteiger partial charge in [-0.3, -0.25) is 9.69 Å². The summed E-state index contributed by atoms with van der Waals surface area (Å²) >= 11 is 6.37. The monoisotopic (exact) mass is 333 g/mol. The highest BCUT2D eigenvalue weighted by atomic mass is 35.5. The molecule has 0 bridgehead atoms. The second kappa shape index (κ2) is 7.15. The summed E-state index contributed by atoms with van der Waals surface area (Å²) in [4.78, 5) is 18.6. The number of aryl methyl sites for hydroxylation is 1. The third-order valence-corrected chi connectivity index (χ3v) is 4.50. The van der Waals surface area contributed by atoms with Crippen LogP contribution in [0.3, 0.4) is 0 Å². The zero-order valence-electron chi connectivity index (χ0n) is 13.1. The van der Waals surface area contributed by atoms with Crippen LogP contribution in [0.4, 0.5) is 0 Å². The van der Waals surface area contributed by atoms with Gasteiger partial charge in [-0.15, -0.1) is 0 Å². The van der Waals surface area contributed by atoms with Gasteiger partial charge in [0.05, 0.1) is 6.04 Å². The number of hydrogen-bond acceptors (Lipinski definition) is 4. The fraction of sp³-hybridized carbons (Fsp3) is 0.412. The lowest BCUT2D eigenvalue weighted by molar-refractivity contribution is 0.0933. The molecule has 1 aliphatic rings. The number of aromatic nitrogens is 1. The van der Waals surface area contributed by atoms with Gasteiger partial charge in [0.25, 0.3) is 5.91 Å². The molecule has 1 saturated heterocycles. The number of nitrogens with zero attached hydrogens (tertiary/aromatic N) is 2. The quantitative estimate of drug-likeness (QED) is 0.912. The van der Waals surface area contributed by atoms with Gasteiger partial charge in [-0.1, -0.05) is 29.8 Å². The van der Waals surface area contributed by atoms with Crippen molar-refractivity contribution in [1.29, 1.82) is 0 Å². The number of carbonyl (C=O) groups is 1. The van der Waals surface area contributed by atoms with E-state index in [0.29, 0.717) is 18.1 Å². The van der Waals surface area contributed by atoms with E-state index in [1.807, 2.05) is 24.3 Å². The molecule has 1 aromatic heterocycles. The van der Waals surface area contributed by atoms with Gasteiger partial charge in [0.1, 0.15) is 6.26 Å². The first-order chi connectivity index (χ1) is 11.1. The molecule has 1 aromatic carbocycles. The van der Waals surface area contributed by atoms with Crippen LogP contribution in [-0.4, -0.2) is 35.4 Å². The lowest BCUT2D eigenvalue weighted by atomic mass is 10.1. The van der Waals surface area contributed by atoms with Gasteiger partial charge in [-0.2, -0.15) is 0 Å². The molecule has 1 unspecified atom stereocenters. The molecule has 1 N–H and O–H groups in total. The van der Waals surface area contributed by atoms with Crippen molar-refractivity contribution in [2.75, 3.05) is 19.6 Å². The predicted molar refractivity (Wildman–Crippen MR) is 88.6 cm³/mol. The number of halogens is 1. The van der Waals surface area contributed by atoms with Crippen molar-refractivity contribution >= 4 is 17.5 Å². The molecule has 2 heterocycles. The van der Waals surface area contributed by atoms with E-state index in [9.17, 15) is 4.79 Å². The summed E-state index contributed by atoms with van der Waals surface area (Å²) in [5.74, 6) is 0.260. The van der Waals surface area contributed by atoms with Crippen LogP contribution in [0.25, 0.3) is 0 Å². The van der Waals surface area contributed by atoms with E-state index >= 15 is 0 Å². The van der Waals surface area contributed by atoms with E-state index < -0.39 is 0 Å². The fourth-order valence-electron chi connectivity index (χ4n) is 2.98. The minimum atomic E-state index is -0.224. The van der Waals surface area contributed by atoms with Crippen molar-refractivity contribution < 1.29 is 9.21 Å². The molecule has 0 aliphatic carbocycles. The Bertz CT molecular complexity index is 680. The van der Waals surface area contributed by atoms with Gasteiger partial charge in [0, 0.05) is 18.5 Å². The molecule has 2 aromatic rings. The molecule has 1 aliphatic heterocycles. The maximum absolute atomic E-state index is 12.2. The molecule has 1 fully saturated rings. The highest BCUT2D eigenvalue weighted by Gasteiger charge is 2.26. The molecule has 23 heavy (non-hydrogen) atoms. The Labute approximate surface area is 140 Å². The summed E-state index contributed by atoms with van der Waals surface area (Å²) in [5.41, 5.74) is 1.36. The summed E-state index contributed by atoms with van der Waals surface area (Å²) in [6.07, 6.45) is 3.74. The molecule has 1 atom stereocenters. The van der Waals surface area contributed by atoms with Crippen LogP contribution in [0.2, 0.25) is 5.02 Å². The number of rotatable bonds is 5. The maximum Gasteiger partial charge on any atom is 0.273 e. The molecule has 6 heteroatoms. The van der Waals surface area contributed by atoms with Gasteiger partial charge in [0.2, 0.25) is 0 Å². The third-order valence-electron chi connectivity index (χ3n) is 4.15. The second-order valence-corrected chi connectivity index (χ2v) is 6.15. The average Bonchev–Trinajstić information content (AvgIpc) is 3.21. The van der Waals surface area contributed by atoms with Crippen molar-refractivity contribution in [1.82, 2.24) is 15.2 Å². The van der Waals surface area contributed by atoms with E-state index in [1.54, 1.807) is 6.92 Å². The van der Waals surface area contributed by atoms with Gasteiger partial charge < -0.3 is 9.73 Å². The van der Waals surface area contributed by atoms with Crippen molar-refractivity contribution in [2.24, 2.45) is 0 Å². The van der Waals surface area contributed by atoms with Crippen LogP contribution in [0.5, 0.6) is 0 Å². The van der Waals surface area contributed by atoms with Crippen molar-refractivity contribution in [3.63, 3.8) is 0 Å². The SMILES string of the molecule is Cc1nc(C(=O)NCC(c2ccccc2Cl)N2CCCC2)co1. The predicted octanol–water partition coefficient (Wildman–Crippen LogP) is 3.20. The fourth-order valence-corrected chi connectivity index (χ4v) is 3.24. The van der Waals surface area contributed by atoms with Crippen molar-refractivity contribution in [3.05, 3.63) is 52.7 Å². The number of nitrogens with one attached hydrogen (secondary N) is 1. The molecule has 0 saturated carbocycles. The molecular weight excluding hydrogens is 314 g/mol. The molecule has 0 radical (unpaired) electrons. The summed E-state index contributed by atoms with van der Waals surface area (Å²) < 4.78 is 5.09. The van der Waals surface area contributed by atoms with Crippen LogP contribution in [-0.2, 0) is 0 Å². The summed E-state index contributed by atoms with van der Waals surface area (Å²) in [7, 11) is 0. The number of carbonyl (C=O) groups excluding carboxylic acids is 1. The first kappa shape index (κ1) is 16.0. The Morgan fingerprint density at radius 2 is 2.13 bits per heavy atom. The molecule has 3 rings (SSSR count). The van der Waals surface area contributed by atoms with Gasteiger partial charge >= 0.3 is 0 Å². The maximum atomic E-state index is 12.2. The van der Waals surface area contributed by atoms with Crippen molar-refractivity contribution in [2.45, 2.75) is 25.8 Å². The lowest BCUT2D eigenvalue weighted by Crippen LogP contribution is -2.37. The second-order valence-electron chi connectivity index (χ2n) is 5.74. The van der Waals surface area contributed by atoms with Crippen LogP contribution in [0.1, 0.15) is 40.8 Å². The summed E-state index contributed by atoms with van der Waals surface area (Å²) in [6.45, 7) is 4.26. The van der Waals surface area contributed by atoms with Gasteiger partial charge in [-0.05, 0) is 37.6 Å². The summed E-state index contributed by atoms with van der Waals surface area (Å²) in [6, 6.07) is 7.89. The Morgan fingerprint density at radius 1 is 1.39 bits per heavy atom. The standard InChI is InChI=1S/C17H20ClN3O2/c1-12-20-15(11-23-12)17(22)19-10-16(21-8-4-5-9-21)13-6-2-3-7-14(13)18/h2-3,6-7,11,16H,4-5,8-10H2,1H3,(H,19,22). The molecule has 122 valence electrons. The zero-order valence-corrected chi connectivity index (χ0v) is 13.8. The van der Waals surface area contributed by atoms with E-state index in [-0.39, 0.29) is 11.9 Å². The average molecular weight is 334 g/mol. The zero-order chi connectivity index (χ0) is 16.2. The Kier molecular flexibility index (Phi) is 4.98. The number of likely N-dealkylation sites (tertiary alicyclic amines) is 1. The highest BCUT2D eigenvalue weighted by molar-refractivity contribution is 6.31. The van der Waals surface area contributed by atoms with Crippen LogP contribution < -0.4 is 5.32 Å². The first-order valence-electron chi connectivity index (χ1n) is 7.84. The van der Waals surface area contributed by atoms with Crippen LogP contribution in [0.15, 0.2) is 34.9 Å². The van der Waals surface area contributed by atoms with Crippen LogP contribution in [0, 0.1) is 6.92 Å². The Morgan fingerprint density at radius 3 is 2.78 bits per heavy atom. The molecule has 0 spiro atoms. The third kappa shape index (κ3) is 3.74. The highest BCUT2D eigenvalue weighted by Crippen LogP contribution is 2.29. The smallest absolute Gasteiger partial charge is 0.273 e. The minimum Gasteiger partial charge on any atom is -0.448 e. The van der Waals surface area contributed by atoms with Crippen LogP contribution >= 0.6 is 11.6 Å². The number of amides is 1. The topological polar surface area (TPSA) is 58.4 Å². The summed E-state index contributed by atoms with van der Waals surface area (Å²) in [5, 5.41) is 3.69.